The topological polar surface area (TPSA) is 59.6 Å². The van der Waals surface area contributed by atoms with E-state index in [1.807, 2.05) is 26.0 Å². The molecule has 0 saturated carbocycles. The summed E-state index contributed by atoms with van der Waals surface area (Å²) in [6, 6.07) is 7.36. The number of hydrogen-bond acceptors (Lipinski definition) is 3. The Kier molecular flexibility index (Phi) is 5.08. The maximum absolute atomic E-state index is 5.83. The summed E-state index contributed by atoms with van der Waals surface area (Å²) in [5.41, 5.74) is 2.51. The van der Waals surface area contributed by atoms with E-state index >= 15 is 0 Å². The summed E-state index contributed by atoms with van der Waals surface area (Å²) in [4.78, 5) is 4.26. The molecule has 0 unspecified atom stereocenters. The molecule has 0 amide bonds. The van der Waals surface area contributed by atoms with E-state index in [1.165, 1.54) is 0 Å². The van der Waals surface area contributed by atoms with E-state index in [4.69, 9.17) is 22.2 Å². The average molecular weight is 242 g/mol. The van der Waals surface area contributed by atoms with Crippen LogP contribution in [0.3, 0.4) is 0 Å². The van der Waals surface area contributed by atoms with Gasteiger partial charge in [-0.2, -0.15) is 0 Å². The van der Waals surface area contributed by atoms with Crippen molar-refractivity contribution in [3.05, 3.63) is 29.3 Å². The predicted octanol–water partition coefficient (Wildman–Crippen LogP) is 1.99. The molecule has 4 nitrogen and oxygen atoms in total. The summed E-state index contributed by atoms with van der Waals surface area (Å²) in [7, 11) is 0. The van der Waals surface area contributed by atoms with Gasteiger partial charge in [-0.25, -0.2) is 5.84 Å². The number of halogens is 1. The van der Waals surface area contributed by atoms with E-state index in [0.717, 1.165) is 0 Å². The molecule has 0 saturated heterocycles. The Hall–Kier alpha value is -1.26. The molecule has 5 heteroatoms. The third-order valence-corrected chi connectivity index (χ3v) is 1.99. The molecule has 3 N–H and O–H groups in total. The first kappa shape index (κ1) is 12.8. The lowest BCUT2D eigenvalue weighted by Gasteiger charge is -2.09. The first-order valence-electron chi connectivity index (χ1n) is 5.03. The number of nitrogens with two attached hydrogens (primary N) is 1. The molecule has 0 aliphatic carbocycles. The second kappa shape index (κ2) is 6.35. The molecular formula is C11H16ClN3O. The summed E-state index contributed by atoms with van der Waals surface area (Å²) in [5, 5.41) is 0.639. The number of hydrogen-bond donors (Lipinski definition) is 2. The Morgan fingerprint density at radius 1 is 1.56 bits per heavy atom. The Labute approximate surface area is 100 Å². The Morgan fingerprint density at radius 3 is 2.88 bits per heavy atom. The third kappa shape index (κ3) is 4.51. The van der Waals surface area contributed by atoms with Crippen LogP contribution in [-0.4, -0.2) is 18.5 Å². The Morgan fingerprint density at radius 2 is 2.31 bits per heavy atom. The molecule has 88 valence electrons. The highest BCUT2D eigenvalue weighted by Crippen LogP contribution is 2.16. The lowest BCUT2D eigenvalue weighted by Crippen LogP contribution is -2.35. The van der Waals surface area contributed by atoms with Gasteiger partial charge >= 0.3 is 0 Å². The van der Waals surface area contributed by atoms with E-state index in [-0.39, 0.29) is 6.04 Å². The molecule has 0 radical (unpaired) electrons. The van der Waals surface area contributed by atoms with Gasteiger partial charge in [-0.05, 0) is 32.0 Å². The van der Waals surface area contributed by atoms with Crippen molar-refractivity contribution in [3.8, 4) is 5.75 Å². The lowest BCUT2D eigenvalue weighted by molar-refractivity contribution is 0.371. The van der Waals surface area contributed by atoms with E-state index in [2.05, 4.69) is 10.4 Å². The van der Waals surface area contributed by atoms with Crippen LogP contribution >= 0.6 is 11.6 Å². The van der Waals surface area contributed by atoms with Crippen LogP contribution < -0.4 is 16.0 Å². The van der Waals surface area contributed by atoms with Gasteiger partial charge in [0.1, 0.15) is 18.2 Å². The molecule has 0 aliphatic rings. The fraction of sp³-hybridized carbons (Fsp3) is 0.364. The van der Waals surface area contributed by atoms with Crippen LogP contribution in [0.4, 0.5) is 0 Å². The van der Waals surface area contributed by atoms with Crippen molar-refractivity contribution in [2.45, 2.75) is 19.9 Å². The van der Waals surface area contributed by atoms with Crippen molar-refractivity contribution in [2.24, 2.45) is 10.8 Å². The normalized spacial score (nSPS) is 11.7. The summed E-state index contributed by atoms with van der Waals surface area (Å²) >= 11 is 5.83. The van der Waals surface area contributed by atoms with Crippen molar-refractivity contribution in [2.75, 3.05) is 6.61 Å². The minimum Gasteiger partial charge on any atom is -0.486 e. The third-order valence-electron chi connectivity index (χ3n) is 1.75. The number of aliphatic imine (C=N–C) groups is 1. The van der Waals surface area contributed by atoms with Crippen molar-refractivity contribution >= 4 is 17.4 Å². The van der Waals surface area contributed by atoms with Crippen molar-refractivity contribution in [1.29, 1.82) is 0 Å². The van der Waals surface area contributed by atoms with Crippen molar-refractivity contribution < 1.29 is 4.74 Å². The highest BCUT2D eigenvalue weighted by molar-refractivity contribution is 6.30. The minimum absolute atomic E-state index is 0.175. The zero-order valence-corrected chi connectivity index (χ0v) is 10.2. The summed E-state index contributed by atoms with van der Waals surface area (Å²) < 4.78 is 5.48. The zero-order chi connectivity index (χ0) is 12.0. The van der Waals surface area contributed by atoms with Gasteiger partial charge in [0, 0.05) is 11.1 Å². The second-order valence-electron chi connectivity index (χ2n) is 3.56. The molecule has 1 aromatic carbocycles. The van der Waals surface area contributed by atoms with Gasteiger partial charge in [0.2, 0.25) is 0 Å². The van der Waals surface area contributed by atoms with Gasteiger partial charge in [0.25, 0.3) is 0 Å². The second-order valence-corrected chi connectivity index (χ2v) is 4.00. The van der Waals surface area contributed by atoms with Gasteiger partial charge in [-0.15, -0.1) is 0 Å². The highest BCUT2D eigenvalue weighted by atomic mass is 35.5. The number of amidine groups is 1. The van der Waals surface area contributed by atoms with Gasteiger partial charge in [0.05, 0.1) is 0 Å². The SMILES string of the molecule is CC(C)N=C(COc1cccc(Cl)c1)NN. The molecule has 0 aliphatic heterocycles. The number of hydrazine groups is 1. The average Bonchev–Trinajstić information content (AvgIpc) is 2.24. The number of ether oxygens (including phenoxy) is 1. The van der Waals surface area contributed by atoms with E-state index in [9.17, 15) is 0 Å². The van der Waals surface area contributed by atoms with E-state index in [1.54, 1.807) is 12.1 Å². The molecule has 1 aromatic rings. The van der Waals surface area contributed by atoms with Crippen LogP contribution in [0.2, 0.25) is 5.02 Å². The molecule has 16 heavy (non-hydrogen) atoms. The molecule has 0 heterocycles. The zero-order valence-electron chi connectivity index (χ0n) is 9.40. The fourth-order valence-electron chi connectivity index (χ4n) is 1.14. The van der Waals surface area contributed by atoms with Crippen LogP contribution in [0, 0.1) is 0 Å². The Bertz CT molecular complexity index is 366. The van der Waals surface area contributed by atoms with Crippen LogP contribution in [0.1, 0.15) is 13.8 Å². The molecular weight excluding hydrogens is 226 g/mol. The molecule has 0 aromatic heterocycles. The summed E-state index contributed by atoms with van der Waals surface area (Å²) in [6.45, 7) is 4.24. The van der Waals surface area contributed by atoms with E-state index < -0.39 is 0 Å². The largest absolute Gasteiger partial charge is 0.486 e. The van der Waals surface area contributed by atoms with Crippen LogP contribution in [-0.2, 0) is 0 Å². The summed E-state index contributed by atoms with van der Waals surface area (Å²) in [6.07, 6.45) is 0. The predicted molar refractivity (Wildman–Crippen MR) is 66.8 cm³/mol. The first-order chi connectivity index (χ1) is 7.61. The molecule has 0 fully saturated rings. The minimum atomic E-state index is 0.175. The number of nitrogens with zero attached hydrogens (tertiary/aromatic N) is 1. The van der Waals surface area contributed by atoms with Crippen LogP contribution in [0.5, 0.6) is 5.75 Å². The first-order valence-corrected chi connectivity index (χ1v) is 5.41. The molecule has 0 bridgehead atoms. The quantitative estimate of drug-likeness (QED) is 0.367. The van der Waals surface area contributed by atoms with Crippen molar-refractivity contribution in [3.63, 3.8) is 0 Å². The standard InChI is InChI=1S/C11H16ClN3O/c1-8(2)14-11(15-13)7-16-10-5-3-4-9(12)6-10/h3-6,8H,7,13H2,1-2H3,(H,14,15). The lowest BCUT2D eigenvalue weighted by atomic mass is 10.3. The monoisotopic (exact) mass is 241 g/mol. The smallest absolute Gasteiger partial charge is 0.149 e. The van der Waals surface area contributed by atoms with Gasteiger partial charge in [0.15, 0.2) is 0 Å². The van der Waals surface area contributed by atoms with Gasteiger partial charge < -0.3 is 10.2 Å². The number of rotatable bonds is 4. The number of nitrogens with one attached hydrogen (secondary N) is 1. The van der Waals surface area contributed by atoms with E-state index in [0.29, 0.717) is 23.2 Å². The molecule has 1 rings (SSSR count). The molecule has 0 atom stereocenters. The molecule has 0 spiro atoms. The summed E-state index contributed by atoms with van der Waals surface area (Å²) in [5.74, 6) is 6.63. The maximum Gasteiger partial charge on any atom is 0.149 e. The Balaban J connectivity index is 2.56. The maximum atomic E-state index is 5.83. The van der Waals surface area contributed by atoms with Gasteiger partial charge in [-0.1, -0.05) is 17.7 Å². The van der Waals surface area contributed by atoms with Crippen LogP contribution in [0.15, 0.2) is 29.3 Å². The van der Waals surface area contributed by atoms with Crippen LogP contribution in [0.25, 0.3) is 0 Å². The number of benzene rings is 1. The fourth-order valence-corrected chi connectivity index (χ4v) is 1.32. The van der Waals surface area contributed by atoms with Gasteiger partial charge in [-0.3, -0.25) is 4.99 Å². The highest BCUT2D eigenvalue weighted by Gasteiger charge is 2.00. The van der Waals surface area contributed by atoms with Crippen molar-refractivity contribution in [1.82, 2.24) is 5.43 Å².